The number of nitrogens with zero attached hydrogens (tertiary/aromatic N) is 1. The zero-order chi connectivity index (χ0) is 13.0. The van der Waals surface area contributed by atoms with Gasteiger partial charge in [-0.25, -0.2) is 4.98 Å². The van der Waals surface area contributed by atoms with Crippen LogP contribution in [0.4, 0.5) is 0 Å². The Labute approximate surface area is 124 Å². The molecule has 0 aliphatic carbocycles. The number of halogens is 2. The van der Waals surface area contributed by atoms with Crippen LogP contribution < -0.4 is 0 Å². The monoisotopic (exact) mass is 345 g/mol. The largest absolute Gasteiger partial charge is 0.367 e. The molecule has 0 radical (unpaired) electrons. The van der Waals surface area contributed by atoms with Crippen molar-refractivity contribution in [3.8, 4) is 0 Å². The van der Waals surface area contributed by atoms with Gasteiger partial charge in [0, 0.05) is 9.85 Å². The first-order chi connectivity index (χ1) is 8.70. The summed E-state index contributed by atoms with van der Waals surface area (Å²) in [5.41, 5.74) is 2.05. The van der Waals surface area contributed by atoms with Crippen molar-refractivity contribution in [3.05, 3.63) is 50.4 Å². The van der Waals surface area contributed by atoms with Gasteiger partial charge in [-0.1, -0.05) is 34.1 Å². The number of ether oxygens (including phenoxy) is 1. The van der Waals surface area contributed by atoms with Crippen molar-refractivity contribution in [1.82, 2.24) is 4.98 Å². The normalized spacial score (nSPS) is 12.6. The van der Waals surface area contributed by atoms with Gasteiger partial charge in [0.2, 0.25) is 0 Å². The van der Waals surface area contributed by atoms with E-state index in [-0.39, 0.29) is 6.10 Å². The Kier molecular flexibility index (Phi) is 5.18. The maximum Gasteiger partial charge on any atom is 0.122 e. The highest BCUT2D eigenvalue weighted by molar-refractivity contribution is 9.10. The summed E-state index contributed by atoms with van der Waals surface area (Å²) in [5, 5.41) is 2.94. The van der Waals surface area contributed by atoms with Gasteiger partial charge in [0.25, 0.3) is 0 Å². The molecule has 1 unspecified atom stereocenters. The molecular formula is C13H13BrClNOS. The second-order valence-corrected chi connectivity index (χ2v) is 5.87. The van der Waals surface area contributed by atoms with Crippen molar-refractivity contribution >= 4 is 38.9 Å². The van der Waals surface area contributed by atoms with Gasteiger partial charge in [0.1, 0.15) is 11.1 Å². The molecule has 18 heavy (non-hydrogen) atoms. The van der Waals surface area contributed by atoms with Gasteiger partial charge >= 0.3 is 0 Å². The molecule has 2 aromatic rings. The highest BCUT2D eigenvalue weighted by Gasteiger charge is 2.11. The van der Waals surface area contributed by atoms with Crippen LogP contribution in [0.25, 0.3) is 0 Å². The van der Waals surface area contributed by atoms with Gasteiger partial charge in [0.15, 0.2) is 0 Å². The van der Waals surface area contributed by atoms with Gasteiger partial charge in [-0.2, -0.15) is 0 Å². The van der Waals surface area contributed by atoms with Gasteiger partial charge < -0.3 is 4.74 Å². The molecular weight excluding hydrogens is 334 g/mol. The van der Waals surface area contributed by atoms with Crippen molar-refractivity contribution < 1.29 is 4.74 Å². The van der Waals surface area contributed by atoms with E-state index in [1.807, 2.05) is 36.6 Å². The molecule has 96 valence electrons. The average molecular weight is 347 g/mol. The van der Waals surface area contributed by atoms with Crippen LogP contribution >= 0.6 is 38.9 Å². The van der Waals surface area contributed by atoms with Crippen LogP contribution in [0, 0.1) is 0 Å². The predicted molar refractivity (Wildman–Crippen MR) is 79.0 cm³/mol. The quantitative estimate of drug-likeness (QED) is 0.717. The Morgan fingerprint density at radius 2 is 2.22 bits per heavy atom. The van der Waals surface area contributed by atoms with Crippen molar-refractivity contribution in [3.63, 3.8) is 0 Å². The van der Waals surface area contributed by atoms with Gasteiger partial charge in [-0.3, -0.25) is 0 Å². The minimum absolute atomic E-state index is 0.0147. The maximum absolute atomic E-state index is 5.83. The molecule has 0 amide bonds. The molecule has 0 saturated heterocycles. The zero-order valence-electron chi connectivity index (χ0n) is 9.90. The van der Waals surface area contributed by atoms with E-state index in [1.165, 1.54) is 0 Å². The van der Waals surface area contributed by atoms with Gasteiger partial charge in [0.05, 0.1) is 18.2 Å². The van der Waals surface area contributed by atoms with Crippen molar-refractivity contribution in [2.45, 2.75) is 25.5 Å². The molecule has 0 N–H and O–H groups in total. The lowest BCUT2D eigenvalue weighted by atomic mass is 10.2. The van der Waals surface area contributed by atoms with Gasteiger partial charge in [-0.05, 0) is 18.6 Å². The van der Waals surface area contributed by atoms with Crippen molar-refractivity contribution in [2.75, 3.05) is 0 Å². The van der Waals surface area contributed by atoms with E-state index in [0.717, 1.165) is 20.7 Å². The third-order valence-corrected chi connectivity index (χ3v) is 4.60. The van der Waals surface area contributed by atoms with E-state index in [2.05, 4.69) is 20.9 Å². The molecule has 0 aliphatic heterocycles. The Balaban J connectivity index is 1.96. The minimum Gasteiger partial charge on any atom is -0.367 e. The number of benzene rings is 1. The van der Waals surface area contributed by atoms with Crippen LogP contribution in [-0.2, 0) is 17.2 Å². The number of rotatable bonds is 5. The number of thiazole rings is 1. The molecule has 2 nitrogen and oxygen atoms in total. The lowest BCUT2D eigenvalue weighted by Crippen LogP contribution is -2.00. The second kappa shape index (κ2) is 6.66. The van der Waals surface area contributed by atoms with Crippen LogP contribution in [-0.4, -0.2) is 4.98 Å². The first-order valence-corrected chi connectivity index (χ1v) is 7.76. The molecule has 0 spiro atoms. The van der Waals surface area contributed by atoms with E-state index in [4.69, 9.17) is 16.3 Å². The summed E-state index contributed by atoms with van der Waals surface area (Å²) in [6, 6.07) is 8.05. The minimum atomic E-state index is -0.0147. The van der Waals surface area contributed by atoms with E-state index in [1.54, 1.807) is 11.3 Å². The molecule has 0 bridgehead atoms. The Hall–Kier alpha value is -0.420. The summed E-state index contributed by atoms with van der Waals surface area (Å²) in [6.07, 6.45) is -0.0147. The molecule has 1 atom stereocenters. The first kappa shape index (κ1) is 14.0. The summed E-state index contributed by atoms with van der Waals surface area (Å²) in [6.45, 7) is 2.58. The van der Waals surface area contributed by atoms with Crippen molar-refractivity contribution in [2.24, 2.45) is 0 Å². The van der Waals surface area contributed by atoms with E-state index < -0.39 is 0 Å². The molecule has 1 aromatic carbocycles. The number of hydrogen-bond acceptors (Lipinski definition) is 3. The fraction of sp³-hybridized carbons (Fsp3) is 0.308. The smallest absolute Gasteiger partial charge is 0.122 e. The lowest BCUT2D eigenvalue weighted by Gasteiger charge is -2.11. The molecule has 0 aliphatic rings. The number of hydrogen-bond donors (Lipinski definition) is 0. The lowest BCUT2D eigenvalue weighted by molar-refractivity contribution is 0.0520. The Morgan fingerprint density at radius 1 is 1.44 bits per heavy atom. The number of alkyl halides is 1. The molecule has 5 heteroatoms. The molecule has 1 heterocycles. The molecule has 0 fully saturated rings. The number of aromatic nitrogens is 1. The first-order valence-electron chi connectivity index (χ1n) is 5.56. The fourth-order valence-electron chi connectivity index (χ4n) is 1.47. The molecule has 1 aromatic heterocycles. The van der Waals surface area contributed by atoms with E-state index in [0.29, 0.717) is 12.5 Å². The van der Waals surface area contributed by atoms with Crippen molar-refractivity contribution in [1.29, 1.82) is 0 Å². The van der Waals surface area contributed by atoms with Crippen LogP contribution in [0.5, 0.6) is 0 Å². The SMILES string of the molecule is CC(OCc1ccccc1Br)c1nc(CCl)cs1. The highest BCUT2D eigenvalue weighted by Crippen LogP contribution is 2.24. The van der Waals surface area contributed by atoms with E-state index in [9.17, 15) is 0 Å². The summed E-state index contributed by atoms with van der Waals surface area (Å²) in [4.78, 5) is 4.41. The highest BCUT2D eigenvalue weighted by atomic mass is 79.9. The van der Waals surface area contributed by atoms with Gasteiger partial charge in [-0.15, -0.1) is 22.9 Å². The zero-order valence-corrected chi connectivity index (χ0v) is 13.1. The van der Waals surface area contributed by atoms with Crippen LogP contribution in [0.15, 0.2) is 34.1 Å². The molecule has 0 saturated carbocycles. The third kappa shape index (κ3) is 3.54. The maximum atomic E-state index is 5.83. The summed E-state index contributed by atoms with van der Waals surface area (Å²) >= 11 is 10.8. The third-order valence-electron chi connectivity index (χ3n) is 2.50. The van der Waals surface area contributed by atoms with Crippen LogP contribution in [0.3, 0.4) is 0 Å². The van der Waals surface area contributed by atoms with E-state index >= 15 is 0 Å². The predicted octanol–water partition coefficient (Wildman–Crippen LogP) is 4.92. The Bertz CT molecular complexity index is 517. The summed E-state index contributed by atoms with van der Waals surface area (Å²) in [5.74, 6) is 0.452. The van der Waals surface area contributed by atoms with Crippen LogP contribution in [0.1, 0.15) is 29.3 Å². The standard InChI is InChI=1S/C13H13BrClNOS/c1-9(13-16-11(6-15)8-18-13)17-7-10-4-2-3-5-12(10)14/h2-5,8-9H,6-7H2,1H3. The molecule has 2 rings (SSSR count). The fourth-order valence-corrected chi connectivity index (χ4v) is 2.92. The average Bonchev–Trinajstić information content (AvgIpc) is 2.86. The second-order valence-electron chi connectivity index (χ2n) is 3.86. The Morgan fingerprint density at radius 3 is 2.89 bits per heavy atom. The summed E-state index contributed by atoms with van der Waals surface area (Å²) < 4.78 is 6.89. The topological polar surface area (TPSA) is 22.1 Å². The summed E-state index contributed by atoms with van der Waals surface area (Å²) in [7, 11) is 0. The van der Waals surface area contributed by atoms with Crippen LogP contribution in [0.2, 0.25) is 0 Å².